The van der Waals surface area contributed by atoms with Gasteiger partial charge in [-0.1, -0.05) is 11.6 Å². The van der Waals surface area contributed by atoms with Gasteiger partial charge in [-0.3, -0.25) is 4.79 Å². The summed E-state index contributed by atoms with van der Waals surface area (Å²) in [5, 5.41) is 2.78. The molecule has 2 heteroatoms. The second-order valence-corrected chi connectivity index (χ2v) is 3.00. The van der Waals surface area contributed by atoms with Gasteiger partial charge in [0, 0.05) is 6.04 Å². The van der Waals surface area contributed by atoms with Crippen LogP contribution in [0.15, 0.2) is 11.6 Å². The number of rotatable bonds is 1. The minimum Gasteiger partial charge on any atom is -0.342 e. The summed E-state index contributed by atoms with van der Waals surface area (Å²) < 4.78 is 0. The van der Waals surface area contributed by atoms with Crippen LogP contribution in [0.25, 0.3) is 0 Å². The molecule has 0 aromatic heterocycles. The first kappa shape index (κ1) is 8.86. The van der Waals surface area contributed by atoms with Crippen LogP contribution in [-0.4, -0.2) is 11.9 Å². The maximum atomic E-state index is 10.8. The predicted molar refractivity (Wildman–Crippen MR) is 48.4 cm³/mol. The van der Waals surface area contributed by atoms with Gasteiger partial charge in [0.25, 0.3) is 5.91 Å². The normalized spacial score (nSPS) is 25.3. The molecule has 0 saturated heterocycles. The number of amides is 1. The number of carbonyl (C=O) groups is 1. The summed E-state index contributed by atoms with van der Waals surface area (Å²) in [6.45, 7) is 2.03. The minimum atomic E-state index is -0.294. The lowest BCUT2D eigenvalue weighted by molar-refractivity contribution is -0.116. The van der Waals surface area contributed by atoms with Crippen LogP contribution < -0.4 is 5.32 Å². The van der Waals surface area contributed by atoms with Crippen molar-refractivity contribution >= 4 is 5.91 Å². The van der Waals surface area contributed by atoms with Gasteiger partial charge < -0.3 is 5.32 Å². The molecule has 1 aliphatic carbocycles. The van der Waals surface area contributed by atoms with Gasteiger partial charge in [-0.25, -0.2) is 0 Å². The molecule has 0 aliphatic heterocycles. The van der Waals surface area contributed by atoms with E-state index in [1.54, 1.807) is 0 Å². The third-order valence-corrected chi connectivity index (χ3v) is 2.20. The summed E-state index contributed by atoms with van der Waals surface area (Å²) in [6.07, 6.45) is 10.1. The molecular formula is C10H13NO. The summed E-state index contributed by atoms with van der Waals surface area (Å²) >= 11 is 0. The van der Waals surface area contributed by atoms with E-state index in [0.29, 0.717) is 0 Å². The van der Waals surface area contributed by atoms with E-state index in [2.05, 4.69) is 17.3 Å². The largest absolute Gasteiger partial charge is 0.342 e. The van der Waals surface area contributed by atoms with Crippen molar-refractivity contribution in [3.8, 4) is 12.3 Å². The molecule has 1 aliphatic rings. The smallest absolute Gasteiger partial charge is 0.295 e. The van der Waals surface area contributed by atoms with Crippen molar-refractivity contribution in [2.45, 2.75) is 32.2 Å². The summed E-state index contributed by atoms with van der Waals surface area (Å²) in [4.78, 5) is 10.8. The number of nitrogens with one attached hydrogen (secondary N) is 1. The first-order chi connectivity index (χ1) is 5.76. The van der Waals surface area contributed by atoms with Crippen LogP contribution in [-0.2, 0) is 4.79 Å². The minimum absolute atomic E-state index is 0.264. The lowest BCUT2D eigenvalue weighted by Crippen LogP contribution is -2.31. The third-order valence-electron chi connectivity index (χ3n) is 2.20. The van der Waals surface area contributed by atoms with Crippen LogP contribution in [0.1, 0.15) is 26.2 Å². The van der Waals surface area contributed by atoms with Crippen LogP contribution in [0.2, 0.25) is 0 Å². The van der Waals surface area contributed by atoms with E-state index in [9.17, 15) is 4.79 Å². The highest BCUT2D eigenvalue weighted by molar-refractivity contribution is 5.93. The van der Waals surface area contributed by atoms with Gasteiger partial charge in [-0.2, -0.15) is 0 Å². The van der Waals surface area contributed by atoms with Crippen LogP contribution in [0, 0.1) is 12.3 Å². The average Bonchev–Trinajstić information content (AvgIpc) is 2.52. The Labute approximate surface area is 73.0 Å². The molecule has 1 unspecified atom stereocenters. The Hall–Kier alpha value is -1.23. The second-order valence-electron chi connectivity index (χ2n) is 3.00. The van der Waals surface area contributed by atoms with Gasteiger partial charge in [-0.05, 0) is 32.1 Å². The first-order valence-corrected chi connectivity index (χ1v) is 4.17. The maximum Gasteiger partial charge on any atom is 0.295 e. The van der Waals surface area contributed by atoms with Crippen molar-refractivity contribution in [1.82, 2.24) is 5.32 Å². The second kappa shape index (κ2) is 3.96. The van der Waals surface area contributed by atoms with Crippen molar-refractivity contribution < 1.29 is 4.79 Å². The molecule has 1 amide bonds. The van der Waals surface area contributed by atoms with Crippen LogP contribution in [0.4, 0.5) is 0 Å². The molecule has 1 fully saturated rings. The first-order valence-electron chi connectivity index (χ1n) is 4.17. The Kier molecular flexibility index (Phi) is 2.93. The van der Waals surface area contributed by atoms with E-state index < -0.39 is 0 Å². The van der Waals surface area contributed by atoms with Gasteiger partial charge in [0.15, 0.2) is 0 Å². The molecular weight excluding hydrogens is 150 g/mol. The van der Waals surface area contributed by atoms with Crippen molar-refractivity contribution in [1.29, 1.82) is 0 Å². The molecule has 1 N–H and O–H groups in total. The van der Waals surface area contributed by atoms with Crippen molar-refractivity contribution in [2.75, 3.05) is 0 Å². The monoisotopic (exact) mass is 163 g/mol. The lowest BCUT2D eigenvalue weighted by Gasteiger charge is -2.07. The van der Waals surface area contributed by atoms with Crippen molar-refractivity contribution in [3.05, 3.63) is 11.6 Å². The Morgan fingerprint density at radius 2 is 2.58 bits per heavy atom. The molecule has 2 nitrogen and oxygen atoms in total. The molecule has 0 heterocycles. The van der Waals surface area contributed by atoms with Gasteiger partial charge in [-0.15, -0.1) is 6.42 Å². The maximum absolute atomic E-state index is 10.8. The van der Waals surface area contributed by atoms with Crippen molar-refractivity contribution in [3.63, 3.8) is 0 Å². The lowest BCUT2D eigenvalue weighted by atomic mass is 10.2. The van der Waals surface area contributed by atoms with E-state index in [1.165, 1.54) is 5.57 Å². The highest BCUT2D eigenvalue weighted by atomic mass is 16.1. The summed E-state index contributed by atoms with van der Waals surface area (Å²) in [5.74, 6) is 1.76. The van der Waals surface area contributed by atoms with Crippen molar-refractivity contribution in [2.24, 2.45) is 0 Å². The Morgan fingerprint density at radius 3 is 3.08 bits per heavy atom. The molecule has 12 heavy (non-hydrogen) atoms. The van der Waals surface area contributed by atoms with E-state index in [0.717, 1.165) is 19.3 Å². The van der Waals surface area contributed by atoms with Crippen LogP contribution >= 0.6 is 0 Å². The molecule has 0 radical (unpaired) electrons. The quantitative estimate of drug-likeness (QED) is 0.457. The van der Waals surface area contributed by atoms with Crippen LogP contribution in [0.3, 0.4) is 0 Å². The molecule has 0 aromatic carbocycles. The van der Waals surface area contributed by atoms with Gasteiger partial charge >= 0.3 is 0 Å². The van der Waals surface area contributed by atoms with E-state index in [-0.39, 0.29) is 11.9 Å². The molecule has 0 bridgehead atoms. The van der Waals surface area contributed by atoms with E-state index in [1.807, 2.05) is 6.92 Å². The fourth-order valence-electron chi connectivity index (χ4n) is 1.49. The van der Waals surface area contributed by atoms with E-state index >= 15 is 0 Å². The predicted octanol–water partition coefficient (Wildman–Crippen LogP) is 1.23. The average molecular weight is 163 g/mol. The zero-order chi connectivity index (χ0) is 8.97. The zero-order valence-corrected chi connectivity index (χ0v) is 7.26. The number of allylic oxidation sites excluding steroid dienone is 1. The summed E-state index contributed by atoms with van der Waals surface area (Å²) in [5.41, 5.74) is 1.41. The number of hydrogen-bond donors (Lipinski definition) is 1. The zero-order valence-electron chi connectivity index (χ0n) is 7.26. The Bertz CT molecular complexity index is 247. The van der Waals surface area contributed by atoms with E-state index in [4.69, 9.17) is 6.42 Å². The summed E-state index contributed by atoms with van der Waals surface area (Å²) in [7, 11) is 0. The third kappa shape index (κ3) is 2.13. The molecule has 0 spiro atoms. The number of carbonyl (C=O) groups excluding carboxylic acids is 1. The Morgan fingerprint density at radius 1 is 1.83 bits per heavy atom. The molecule has 1 atom stereocenters. The number of terminal acetylenes is 1. The highest BCUT2D eigenvalue weighted by Crippen LogP contribution is 2.23. The fourth-order valence-corrected chi connectivity index (χ4v) is 1.49. The van der Waals surface area contributed by atoms with Gasteiger partial charge in [0.2, 0.25) is 0 Å². The van der Waals surface area contributed by atoms with Crippen LogP contribution in [0.5, 0.6) is 0 Å². The topological polar surface area (TPSA) is 29.1 Å². The SMILES string of the molecule is C#CC(=O)NC1CCC(=CC)C1. The fraction of sp³-hybridized carbons (Fsp3) is 0.500. The molecule has 1 saturated carbocycles. The number of hydrogen-bond acceptors (Lipinski definition) is 1. The van der Waals surface area contributed by atoms with Gasteiger partial charge in [0.05, 0.1) is 0 Å². The van der Waals surface area contributed by atoms with Gasteiger partial charge in [0.1, 0.15) is 0 Å². The Balaban J connectivity index is 2.39. The standard InChI is InChI=1S/C10H13NO/c1-3-8-5-6-9(7-8)11-10(12)4-2/h2-3,9H,5-7H2,1H3,(H,11,12). The summed E-state index contributed by atoms with van der Waals surface area (Å²) in [6, 6.07) is 0.264. The molecule has 1 rings (SSSR count). The molecule has 64 valence electrons. The highest BCUT2D eigenvalue weighted by Gasteiger charge is 2.19. The molecule has 0 aromatic rings.